The van der Waals surface area contributed by atoms with Crippen molar-refractivity contribution in [2.24, 2.45) is 0 Å². The first-order valence-electron chi connectivity index (χ1n) is 8.63. The van der Waals surface area contributed by atoms with E-state index in [0.29, 0.717) is 0 Å². The Kier molecular flexibility index (Phi) is 8.96. The Morgan fingerprint density at radius 3 is 1.67 bits per heavy atom. The van der Waals surface area contributed by atoms with Crippen LogP contribution in [-0.2, 0) is 31.6 Å². The summed E-state index contributed by atoms with van der Waals surface area (Å²) < 4.78 is 0. The van der Waals surface area contributed by atoms with Crippen LogP contribution in [0.15, 0.2) is 72.8 Å². The van der Waals surface area contributed by atoms with Gasteiger partial charge in [-0.05, 0) is 18.3 Å². The molecule has 0 bridgehead atoms. The zero-order valence-corrected chi connectivity index (χ0v) is 19.2. The molecular formula is C23H22Cl2OZr. The first-order chi connectivity index (χ1) is 11.7. The molecule has 4 aromatic carbocycles. The van der Waals surface area contributed by atoms with Gasteiger partial charge in [-0.1, -0.05) is 19.1 Å². The van der Waals surface area contributed by atoms with Crippen LogP contribution in [0.2, 0.25) is 0 Å². The fourth-order valence-corrected chi connectivity index (χ4v) is 3.83. The molecule has 0 amide bonds. The van der Waals surface area contributed by atoms with Crippen LogP contribution in [0.5, 0.6) is 0 Å². The van der Waals surface area contributed by atoms with Gasteiger partial charge in [0.25, 0.3) is 0 Å². The fraction of sp³-hybridized carbons (Fsp3) is 0.217. The number of aliphatic hydroxyl groups is 1. The molecule has 1 N–H and O–H groups in total. The zero-order valence-electron chi connectivity index (χ0n) is 15.3. The Labute approximate surface area is 192 Å². The number of hydrogen-bond donors (Lipinski definition) is 1. The average Bonchev–Trinajstić information content (AvgIpc) is 3.23. The van der Waals surface area contributed by atoms with Crippen LogP contribution in [0.3, 0.4) is 0 Å². The van der Waals surface area contributed by atoms with E-state index in [2.05, 4.69) is 79.7 Å². The minimum Gasteiger partial charge on any atom is -1.00 e. The van der Waals surface area contributed by atoms with Crippen LogP contribution >= 0.6 is 0 Å². The standard InChI is InChI=1S/C23H22O.2ClH.Zr/c1-23(11-6-12-24,21-13-17-7-2-3-8-18(17)14-21)22-15-19-9-4-5-10-20(19)16-22;;;/h2-5,7-10,13-16,24H,6,11-12H2,1H3;2*1H;/q-2;;;+4/p-2. The molecule has 0 aliphatic rings. The normalized spacial score (nSPS) is 10.9. The van der Waals surface area contributed by atoms with Crippen molar-refractivity contribution in [1.29, 1.82) is 0 Å². The maximum Gasteiger partial charge on any atom is 4.00 e. The van der Waals surface area contributed by atoms with Crippen LogP contribution < -0.4 is 24.8 Å². The van der Waals surface area contributed by atoms with E-state index in [1.54, 1.807) is 0 Å². The molecule has 0 saturated heterocycles. The molecule has 0 spiro atoms. The maximum atomic E-state index is 9.40. The number of rotatable bonds is 5. The summed E-state index contributed by atoms with van der Waals surface area (Å²) in [5.74, 6) is 0. The van der Waals surface area contributed by atoms with Gasteiger partial charge in [0.05, 0.1) is 0 Å². The second kappa shape index (κ2) is 10.0. The van der Waals surface area contributed by atoms with Crippen molar-refractivity contribution >= 4 is 21.5 Å². The van der Waals surface area contributed by atoms with Crippen molar-refractivity contribution in [3.05, 3.63) is 83.9 Å². The van der Waals surface area contributed by atoms with Crippen molar-refractivity contribution in [1.82, 2.24) is 0 Å². The van der Waals surface area contributed by atoms with Gasteiger partial charge in [0.2, 0.25) is 0 Å². The SMILES string of the molecule is CC(CCCO)(c1cc2ccccc2[cH-]1)c1cc2ccccc2[cH-]1.[Cl-].[Cl-].[Zr+4]. The number of fused-ring (bicyclic) bond motifs is 2. The minimum absolute atomic E-state index is 0. The predicted octanol–water partition coefficient (Wildman–Crippen LogP) is -0.485. The van der Waals surface area contributed by atoms with Gasteiger partial charge < -0.3 is 29.9 Å². The van der Waals surface area contributed by atoms with Crippen LogP contribution in [0, 0.1) is 0 Å². The molecule has 0 heterocycles. The topological polar surface area (TPSA) is 20.2 Å². The third kappa shape index (κ3) is 4.57. The van der Waals surface area contributed by atoms with Gasteiger partial charge in [-0.3, -0.25) is 0 Å². The molecule has 0 aliphatic carbocycles. The van der Waals surface area contributed by atoms with Gasteiger partial charge >= 0.3 is 26.2 Å². The van der Waals surface area contributed by atoms with Crippen molar-refractivity contribution in [2.45, 2.75) is 25.2 Å². The van der Waals surface area contributed by atoms with E-state index in [-0.39, 0.29) is 63.0 Å². The number of aliphatic hydroxyl groups excluding tert-OH is 1. The third-order valence-electron chi connectivity index (χ3n) is 5.35. The maximum absolute atomic E-state index is 9.40. The summed E-state index contributed by atoms with van der Waals surface area (Å²) >= 11 is 0. The molecule has 4 rings (SSSR count). The first kappa shape index (κ1) is 24.1. The van der Waals surface area contributed by atoms with Gasteiger partial charge in [-0.15, -0.1) is 81.2 Å². The largest absolute Gasteiger partial charge is 4.00 e. The molecule has 0 aromatic heterocycles. The molecule has 1 nitrogen and oxygen atoms in total. The van der Waals surface area contributed by atoms with E-state index in [1.165, 1.54) is 32.7 Å². The summed E-state index contributed by atoms with van der Waals surface area (Å²) in [5, 5.41) is 14.6. The molecule has 4 heteroatoms. The zero-order chi connectivity index (χ0) is 16.6. The minimum atomic E-state index is -0.0826. The summed E-state index contributed by atoms with van der Waals surface area (Å²) in [6, 6.07) is 26.3. The predicted molar refractivity (Wildman–Crippen MR) is 102 cm³/mol. The Morgan fingerprint density at radius 2 is 1.26 bits per heavy atom. The van der Waals surface area contributed by atoms with Gasteiger partial charge in [-0.2, -0.15) is 12.1 Å². The van der Waals surface area contributed by atoms with E-state index in [4.69, 9.17) is 0 Å². The van der Waals surface area contributed by atoms with Crippen molar-refractivity contribution in [3.63, 3.8) is 0 Å². The fourth-order valence-electron chi connectivity index (χ4n) is 3.83. The molecule has 0 fully saturated rings. The van der Waals surface area contributed by atoms with Crippen LogP contribution in [-0.4, -0.2) is 11.7 Å². The van der Waals surface area contributed by atoms with Crippen LogP contribution in [0.25, 0.3) is 21.5 Å². The smallest absolute Gasteiger partial charge is 1.00 e. The molecule has 0 radical (unpaired) electrons. The van der Waals surface area contributed by atoms with Gasteiger partial charge in [0, 0.05) is 6.61 Å². The van der Waals surface area contributed by atoms with E-state index < -0.39 is 0 Å². The monoisotopic (exact) mass is 474 g/mol. The summed E-state index contributed by atoms with van der Waals surface area (Å²) in [6.45, 7) is 2.54. The van der Waals surface area contributed by atoms with Gasteiger partial charge in [0.15, 0.2) is 0 Å². The van der Waals surface area contributed by atoms with E-state index in [0.717, 1.165) is 12.8 Å². The molecule has 138 valence electrons. The number of benzene rings is 2. The quantitative estimate of drug-likeness (QED) is 0.386. The van der Waals surface area contributed by atoms with Gasteiger partial charge in [-0.25, -0.2) is 0 Å². The Bertz CT molecular complexity index is 846. The Balaban J connectivity index is 0.00000121. The summed E-state index contributed by atoms with van der Waals surface area (Å²) in [5.41, 5.74) is 2.60. The van der Waals surface area contributed by atoms with Gasteiger partial charge in [0.1, 0.15) is 0 Å². The van der Waals surface area contributed by atoms with Crippen molar-refractivity contribution in [3.8, 4) is 0 Å². The molecule has 0 unspecified atom stereocenters. The Morgan fingerprint density at radius 1 is 0.815 bits per heavy atom. The molecule has 0 aliphatic heterocycles. The summed E-state index contributed by atoms with van der Waals surface area (Å²) in [7, 11) is 0. The molecule has 0 saturated carbocycles. The first-order valence-corrected chi connectivity index (χ1v) is 8.63. The Hall–Kier alpha value is -0.917. The number of hydrogen-bond acceptors (Lipinski definition) is 1. The van der Waals surface area contributed by atoms with Crippen molar-refractivity contribution in [2.75, 3.05) is 6.61 Å². The van der Waals surface area contributed by atoms with E-state index in [1.807, 2.05) is 0 Å². The van der Waals surface area contributed by atoms with E-state index in [9.17, 15) is 5.11 Å². The summed E-state index contributed by atoms with van der Waals surface area (Å²) in [6.07, 6.45) is 1.75. The average molecular weight is 477 g/mol. The summed E-state index contributed by atoms with van der Waals surface area (Å²) in [4.78, 5) is 0. The third-order valence-corrected chi connectivity index (χ3v) is 5.35. The van der Waals surface area contributed by atoms with Crippen LogP contribution in [0.1, 0.15) is 30.9 Å². The second-order valence-corrected chi connectivity index (χ2v) is 6.91. The molecule has 27 heavy (non-hydrogen) atoms. The molecule has 4 aromatic rings. The second-order valence-electron chi connectivity index (χ2n) is 6.91. The van der Waals surface area contributed by atoms with Crippen LogP contribution in [0.4, 0.5) is 0 Å². The van der Waals surface area contributed by atoms with Crippen molar-refractivity contribution < 1.29 is 56.1 Å². The molecular weight excluding hydrogens is 454 g/mol. The number of halogens is 2. The molecule has 0 atom stereocenters. The van der Waals surface area contributed by atoms with E-state index >= 15 is 0 Å².